The summed E-state index contributed by atoms with van der Waals surface area (Å²) in [6, 6.07) is 10.1. The van der Waals surface area contributed by atoms with Crippen molar-refractivity contribution in [1.82, 2.24) is 24.3 Å². The maximum atomic E-state index is 15.6. The molecule has 248 valence electrons. The zero-order chi connectivity index (χ0) is 34.1. The number of anilines is 1. The molecule has 4 aromatic rings. The number of benzene rings is 2. The molecule has 2 N–H and O–H groups in total. The summed E-state index contributed by atoms with van der Waals surface area (Å²) in [6.07, 6.45) is 4.32. The third kappa shape index (κ3) is 5.10. The molecule has 0 radical (unpaired) electrons. The Morgan fingerprint density at radius 3 is 2.60 bits per heavy atom. The van der Waals surface area contributed by atoms with Gasteiger partial charge in [0.15, 0.2) is 0 Å². The van der Waals surface area contributed by atoms with Gasteiger partial charge in [-0.3, -0.25) is 23.9 Å². The van der Waals surface area contributed by atoms with E-state index in [0.717, 1.165) is 52.6 Å². The van der Waals surface area contributed by atoms with Gasteiger partial charge in [0.1, 0.15) is 11.4 Å². The average molecular weight is 673 g/mol. The Balaban J connectivity index is 1.21. The number of rotatable bonds is 6. The molecule has 2 fully saturated rings. The molecule has 2 amide bonds. The quantitative estimate of drug-likeness (QED) is 0.315. The van der Waals surface area contributed by atoms with E-state index >= 15 is 4.39 Å². The predicted molar refractivity (Wildman–Crippen MR) is 179 cm³/mol. The SMILES string of the molecule is COc1nc(-c2ccc(F)c(-c3cccc(NC(=O)c4cn(C)c(=O)n(C)c4=O)c3C)c2Cl)cc2c1C(N1CC3(CCC(=O)N3)C1)CC2. The van der Waals surface area contributed by atoms with Crippen LogP contribution in [0.5, 0.6) is 5.88 Å². The van der Waals surface area contributed by atoms with Gasteiger partial charge in [-0.15, -0.1) is 0 Å². The summed E-state index contributed by atoms with van der Waals surface area (Å²) in [7, 11) is 4.33. The van der Waals surface area contributed by atoms with Gasteiger partial charge < -0.3 is 19.9 Å². The topological polar surface area (TPSA) is 128 Å². The lowest BCUT2D eigenvalue weighted by molar-refractivity contribution is -0.121. The Labute approximate surface area is 280 Å². The predicted octanol–water partition coefficient (Wildman–Crippen LogP) is 4.13. The van der Waals surface area contributed by atoms with Gasteiger partial charge in [0.2, 0.25) is 11.8 Å². The molecule has 13 heteroatoms. The second-order valence-electron chi connectivity index (χ2n) is 12.9. The molecule has 1 atom stereocenters. The summed E-state index contributed by atoms with van der Waals surface area (Å²) in [6.45, 7) is 3.31. The summed E-state index contributed by atoms with van der Waals surface area (Å²) in [5.74, 6) is -0.656. The zero-order valence-electron chi connectivity index (χ0n) is 26.9. The van der Waals surface area contributed by atoms with Crippen LogP contribution in [-0.4, -0.2) is 56.6 Å². The van der Waals surface area contributed by atoms with E-state index in [1.165, 1.54) is 26.4 Å². The minimum absolute atomic E-state index is 0.112. The zero-order valence-corrected chi connectivity index (χ0v) is 27.7. The van der Waals surface area contributed by atoms with Crippen molar-refractivity contribution < 1.29 is 18.7 Å². The molecule has 2 aliphatic heterocycles. The molecule has 3 aliphatic rings. The summed E-state index contributed by atoms with van der Waals surface area (Å²) in [5, 5.41) is 6.03. The number of nitrogens with zero attached hydrogens (tertiary/aromatic N) is 4. The van der Waals surface area contributed by atoms with Crippen LogP contribution < -0.4 is 26.6 Å². The highest BCUT2D eigenvalue weighted by Gasteiger charge is 2.51. The van der Waals surface area contributed by atoms with E-state index in [9.17, 15) is 19.2 Å². The molecule has 1 aliphatic carbocycles. The van der Waals surface area contributed by atoms with Crippen molar-refractivity contribution in [3.05, 3.63) is 96.5 Å². The number of ether oxygens (including phenoxy) is 1. The second kappa shape index (κ2) is 11.7. The Morgan fingerprint density at radius 2 is 1.90 bits per heavy atom. The first-order valence-corrected chi connectivity index (χ1v) is 16.1. The second-order valence-corrected chi connectivity index (χ2v) is 13.3. The fourth-order valence-corrected chi connectivity index (χ4v) is 7.75. The van der Waals surface area contributed by atoms with Crippen LogP contribution in [0.4, 0.5) is 10.1 Å². The first kappa shape index (κ1) is 31.8. The third-order valence-electron chi connectivity index (χ3n) is 9.92. The highest BCUT2D eigenvalue weighted by molar-refractivity contribution is 6.36. The number of methoxy groups -OCH3 is 1. The molecule has 2 aromatic carbocycles. The van der Waals surface area contributed by atoms with Gasteiger partial charge in [-0.2, -0.15) is 0 Å². The van der Waals surface area contributed by atoms with E-state index in [0.29, 0.717) is 40.4 Å². The summed E-state index contributed by atoms with van der Waals surface area (Å²) in [5.41, 5.74) is 3.03. The lowest BCUT2D eigenvalue weighted by Crippen LogP contribution is -2.67. The molecule has 0 bridgehead atoms. The van der Waals surface area contributed by atoms with Crippen LogP contribution in [0.15, 0.2) is 52.2 Å². The van der Waals surface area contributed by atoms with Gasteiger partial charge in [0, 0.05) is 68.2 Å². The maximum Gasteiger partial charge on any atom is 0.330 e. The molecular formula is C35H34ClFN6O5. The number of nitrogens with one attached hydrogen (secondary N) is 2. The average Bonchev–Trinajstić information content (AvgIpc) is 3.66. The number of fused-ring (bicyclic) bond motifs is 1. The van der Waals surface area contributed by atoms with Gasteiger partial charge in [-0.25, -0.2) is 14.2 Å². The lowest BCUT2D eigenvalue weighted by atomic mass is 9.86. The molecule has 11 nitrogen and oxygen atoms in total. The monoisotopic (exact) mass is 672 g/mol. The number of aromatic nitrogens is 3. The van der Waals surface area contributed by atoms with Crippen molar-refractivity contribution in [3.63, 3.8) is 0 Å². The minimum atomic E-state index is -0.731. The number of carbonyl (C=O) groups is 2. The van der Waals surface area contributed by atoms with E-state index in [1.807, 2.05) is 6.07 Å². The summed E-state index contributed by atoms with van der Waals surface area (Å²) >= 11 is 6.99. The largest absolute Gasteiger partial charge is 0.481 e. The standard InChI is InChI=1S/C35H34ClFN6O5/c1-18-20(6-5-7-24(18)38-31(45)22-15-41(2)34(47)42(3)33(22)46)29-23(37)10-9-21(30(29)36)25-14-19-8-11-26(28(19)32(39-25)48-4)43-16-35(17-43)13-12-27(44)40-35/h5-7,9-10,14-15,26H,8,11-13,16-17H2,1-4H3,(H,38,45)(H,40,44). The number of pyridine rings is 1. The van der Waals surface area contributed by atoms with Gasteiger partial charge in [-0.1, -0.05) is 23.7 Å². The fourth-order valence-electron chi connectivity index (χ4n) is 7.40. The van der Waals surface area contributed by atoms with Crippen LogP contribution in [0.1, 0.15) is 52.4 Å². The number of amides is 2. The van der Waals surface area contributed by atoms with Crippen molar-refractivity contribution in [1.29, 1.82) is 0 Å². The first-order chi connectivity index (χ1) is 22.9. The van der Waals surface area contributed by atoms with Crippen LogP contribution in [0.2, 0.25) is 5.02 Å². The minimum Gasteiger partial charge on any atom is -0.481 e. The number of hydrogen-bond donors (Lipinski definition) is 2. The number of likely N-dealkylation sites (tertiary alicyclic amines) is 1. The number of halogens is 2. The summed E-state index contributed by atoms with van der Waals surface area (Å²) < 4.78 is 23.4. The van der Waals surface area contributed by atoms with E-state index in [2.05, 4.69) is 15.5 Å². The fraction of sp³-hybridized carbons (Fsp3) is 0.343. The number of carbonyl (C=O) groups excluding carboxylic acids is 2. The highest BCUT2D eigenvalue weighted by atomic mass is 35.5. The van der Waals surface area contributed by atoms with Gasteiger partial charge in [-0.05, 0) is 67.1 Å². The van der Waals surface area contributed by atoms with Crippen LogP contribution in [0, 0.1) is 12.7 Å². The molecule has 1 unspecified atom stereocenters. The molecule has 2 aromatic heterocycles. The van der Waals surface area contributed by atoms with Crippen molar-refractivity contribution in [2.75, 3.05) is 25.5 Å². The van der Waals surface area contributed by atoms with Gasteiger partial charge in [0.05, 0.1) is 23.4 Å². The Hall–Kier alpha value is -4.81. The first-order valence-electron chi connectivity index (χ1n) is 15.7. The van der Waals surface area contributed by atoms with Gasteiger partial charge >= 0.3 is 5.69 Å². The smallest absolute Gasteiger partial charge is 0.330 e. The van der Waals surface area contributed by atoms with Crippen LogP contribution in [0.25, 0.3) is 22.4 Å². The van der Waals surface area contributed by atoms with E-state index in [1.54, 1.807) is 38.3 Å². The Bertz CT molecular complexity index is 2150. The van der Waals surface area contributed by atoms with E-state index in [4.69, 9.17) is 21.3 Å². The summed E-state index contributed by atoms with van der Waals surface area (Å²) in [4.78, 5) is 57.0. The van der Waals surface area contributed by atoms with Crippen molar-refractivity contribution >= 4 is 29.1 Å². The van der Waals surface area contributed by atoms with Crippen LogP contribution in [-0.2, 0) is 25.3 Å². The number of hydrogen-bond acceptors (Lipinski definition) is 7. The normalized spacial score (nSPS) is 18.0. The lowest BCUT2D eigenvalue weighted by Gasteiger charge is -2.50. The molecule has 7 rings (SSSR count). The molecule has 4 heterocycles. The molecule has 0 saturated carbocycles. The van der Waals surface area contributed by atoms with Gasteiger partial charge in [0.25, 0.3) is 11.5 Å². The van der Waals surface area contributed by atoms with Crippen molar-refractivity contribution in [2.24, 2.45) is 14.1 Å². The van der Waals surface area contributed by atoms with Crippen molar-refractivity contribution in [3.8, 4) is 28.3 Å². The van der Waals surface area contributed by atoms with Crippen molar-refractivity contribution in [2.45, 2.75) is 44.2 Å². The van der Waals surface area contributed by atoms with E-state index < -0.39 is 23.0 Å². The highest BCUT2D eigenvalue weighted by Crippen LogP contribution is 2.48. The Morgan fingerprint density at radius 1 is 1.12 bits per heavy atom. The van der Waals surface area contributed by atoms with E-state index in [-0.39, 0.29) is 33.6 Å². The van der Waals surface area contributed by atoms with Crippen LogP contribution in [0.3, 0.4) is 0 Å². The molecule has 48 heavy (non-hydrogen) atoms. The maximum absolute atomic E-state index is 15.6. The molecule has 2 saturated heterocycles. The third-order valence-corrected chi connectivity index (χ3v) is 10.3. The molecular weight excluding hydrogens is 639 g/mol. The molecule has 1 spiro atoms. The number of aryl methyl sites for hydroxylation is 2. The van der Waals surface area contributed by atoms with Crippen LogP contribution >= 0.6 is 11.6 Å². The Kier molecular flexibility index (Phi) is 7.75.